The molecule has 0 saturated carbocycles. The number of hydrogen-bond acceptors (Lipinski definition) is 3. The first-order chi connectivity index (χ1) is 12.9. The summed E-state index contributed by atoms with van der Waals surface area (Å²) in [4.78, 5) is 41.9. The van der Waals surface area contributed by atoms with Crippen molar-refractivity contribution >= 4 is 23.1 Å². The summed E-state index contributed by atoms with van der Waals surface area (Å²) in [6.07, 6.45) is 2.76. The summed E-state index contributed by atoms with van der Waals surface area (Å²) in [7, 11) is 0. The van der Waals surface area contributed by atoms with Crippen molar-refractivity contribution in [3.63, 3.8) is 0 Å². The number of aromatic amines is 2. The van der Waals surface area contributed by atoms with Gasteiger partial charge in [0, 0.05) is 36.3 Å². The molecule has 2 N–H and O–H groups in total. The van der Waals surface area contributed by atoms with Gasteiger partial charge in [-0.05, 0) is 31.4 Å². The number of nitrogens with zero attached hydrogens (tertiary/aromatic N) is 1. The van der Waals surface area contributed by atoms with Crippen molar-refractivity contribution in [3.8, 4) is 0 Å². The molecule has 0 atom stereocenters. The molecule has 2 aromatic rings. The normalized spacial score (nSPS) is 14.2. The molecular weight excluding hydrogens is 373 g/mol. The zero-order valence-corrected chi connectivity index (χ0v) is 15.5. The zero-order valence-electron chi connectivity index (χ0n) is 14.8. The molecule has 0 saturated heterocycles. The van der Waals surface area contributed by atoms with E-state index < -0.39 is 17.1 Å². The lowest BCUT2D eigenvalue weighted by Crippen LogP contribution is -2.35. The van der Waals surface area contributed by atoms with Gasteiger partial charge in [-0.25, -0.2) is 9.18 Å². The SMILES string of the molecule is Cc1[nH]c(=O)[nH]c(=O)c1CCC(=O)N1CC=C(c2cccc(Cl)c2F)CC1. The van der Waals surface area contributed by atoms with Crippen LogP contribution in [-0.2, 0) is 11.2 Å². The summed E-state index contributed by atoms with van der Waals surface area (Å²) >= 11 is 5.83. The van der Waals surface area contributed by atoms with Gasteiger partial charge < -0.3 is 9.88 Å². The molecule has 0 fully saturated rings. The van der Waals surface area contributed by atoms with Gasteiger partial charge in [0.05, 0.1) is 5.02 Å². The van der Waals surface area contributed by atoms with E-state index in [-0.39, 0.29) is 23.8 Å². The van der Waals surface area contributed by atoms with Crippen LogP contribution in [0.5, 0.6) is 0 Å². The lowest BCUT2D eigenvalue weighted by molar-refractivity contribution is -0.130. The summed E-state index contributed by atoms with van der Waals surface area (Å²) in [5.41, 5.74) is 1.12. The molecule has 8 heteroatoms. The maximum absolute atomic E-state index is 14.1. The van der Waals surface area contributed by atoms with Crippen LogP contribution in [0, 0.1) is 12.7 Å². The summed E-state index contributed by atoms with van der Waals surface area (Å²) in [6, 6.07) is 4.87. The number of benzene rings is 1. The molecule has 142 valence electrons. The van der Waals surface area contributed by atoms with E-state index in [4.69, 9.17) is 11.6 Å². The Kier molecular flexibility index (Phi) is 5.60. The second-order valence-corrected chi connectivity index (χ2v) is 6.84. The van der Waals surface area contributed by atoms with Gasteiger partial charge in [0.15, 0.2) is 0 Å². The van der Waals surface area contributed by atoms with E-state index in [0.29, 0.717) is 36.3 Å². The fourth-order valence-electron chi connectivity index (χ4n) is 3.21. The summed E-state index contributed by atoms with van der Waals surface area (Å²) < 4.78 is 14.1. The first-order valence-electron chi connectivity index (χ1n) is 8.60. The number of hydrogen-bond donors (Lipinski definition) is 2. The second kappa shape index (κ2) is 7.92. The minimum Gasteiger partial charge on any atom is -0.339 e. The molecular formula is C19H19ClFN3O3. The Morgan fingerprint density at radius 3 is 2.74 bits per heavy atom. The summed E-state index contributed by atoms with van der Waals surface area (Å²) in [5, 5.41) is 0.0772. The van der Waals surface area contributed by atoms with Crippen molar-refractivity contribution in [1.29, 1.82) is 0 Å². The quantitative estimate of drug-likeness (QED) is 0.839. The predicted molar refractivity (Wildman–Crippen MR) is 101 cm³/mol. The third kappa shape index (κ3) is 4.19. The largest absolute Gasteiger partial charge is 0.339 e. The number of halogens is 2. The molecule has 1 amide bonds. The van der Waals surface area contributed by atoms with Crippen molar-refractivity contribution in [3.05, 3.63) is 72.8 Å². The van der Waals surface area contributed by atoms with Gasteiger partial charge >= 0.3 is 5.69 Å². The molecule has 1 aromatic carbocycles. The number of nitrogens with one attached hydrogen (secondary N) is 2. The molecule has 0 radical (unpaired) electrons. The molecule has 0 spiro atoms. The highest BCUT2D eigenvalue weighted by Gasteiger charge is 2.20. The topological polar surface area (TPSA) is 86.0 Å². The van der Waals surface area contributed by atoms with Gasteiger partial charge in [-0.3, -0.25) is 14.6 Å². The Morgan fingerprint density at radius 2 is 2.07 bits per heavy atom. The van der Waals surface area contributed by atoms with Crippen molar-refractivity contribution in [2.75, 3.05) is 13.1 Å². The smallest absolute Gasteiger partial charge is 0.325 e. The van der Waals surface area contributed by atoms with Gasteiger partial charge in [-0.2, -0.15) is 0 Å². The number of rotatable bonds is 4. The highest BCUT2D eigenvalue weighted by Crippen LogP contribution is 2.28. The van der Waals surface area contributed by atoms with Crippen LogP contribution in [0.4, 0.5) is 4.39 Å². The van der Waals surface area contributed by atoms with Crippen LogP contribution in [0.2, 0.25) is 5.02 Å². The lowest BCUT2D eigenvalue weighted by Gasteiger charge is -2.27. The van der Waals surface area contributed by atoms with E-state index in [1.807, 2.05) is 6.08 Å². The van der Waals surface area contributed by atoms with E-state index in [2.05, 4.69) is 9.97 Å². The lowest BCUT2D eigenvalue weighted by atomic mass is 9.98. The van der Waals surface area contributed by atoms with Gasteiger partial charge in [-0.1, -0.05) is 29.8 Å². The summed E-state index contributed by atoms with van der Waals surface area (Å²) in [6.45, 7) is 2.48. The van der Waals surface area contributed by atoms with Crippen molar-refractivity contribution in [2.45, 2.75) is 26.2 Å². The van der Waals surface area contributed by atoms with Crippen molar-refractivity contribution < 1.29 is 9.18 Å². The maximum Gasteiger partial charge on any atom is 0.325 e. The molecule has 3 rings (SSSR count). The number of carbonyl (C=O) groups excluding carboxylic acids is 1. The monoisotopic (exact) mass is 391 g/mol. The standard InChI is InChI=1S/C19H19ClFN3O3/c1-11-13(18(26)23-19(27)22-11)5-6-16(25)24-9-7-12(8-10-24)14-3-2-4-15(20)17(14)21/h2-4,7H,5-6,8-10H2,1H3,(H2,22,23,26,27). The van der Waals surface area contributed by atoms with Gasteiger partial charge in [0.25, 0.3) is 5.56 Å². The van der Waals surface area contributed by atoms with Gasteiger partial charge in [0.1, 0.15) is 5.82 Å². The van der Waals surface area contributed by atoms with Gasteiger partial charge in [-0.15, -0.1) is 0 Å². The first kappa shape index (κ1) is 19.1. The van der Waals surface area contributed by atoms with Crippen LogP contribution in [0.3, 0.4) is 0 Å². The average molecular weight is 392 g/mol. The Balaban J connectivity index is 1.65. The highest BCUT2D eigenvalue weighted by molar-refractivity contribution is 6.30. The minimum atomic E-state index is -0.561. The third-order valence-corrected chi connectivity index (χ3v) is 5.00. The van der Waals surface area contributed by atoms with Crippen LogP contribution in [0.1, 0.15) is 29.7 Å². The van der Waals surface area contributed by atoms with Gasteiger partial charge in [0.2, 0.25) is 5.91 Å². The molecule has 1 aromatic heterocycles. The van der Waals surface area contributed by atoms with Crippen molar-refractivity contribution in [2.24, 2.45) is 0 Å². The Morgan fingerprint density at radius 1 is 1.30 bits per heavy atom. The Hall–Kier alpha value is -2.67. The average Bonchev–Trinajstić information content (AvgIpc) is 2.63. The van der Waals surface area contributed by atoms with E-state index in [1.54, 1.807) is 24.0 Å². The predicted octanol–water partition coefficient (Wildman–Crippen LogP) is 2.41. The molecule has 2 heterocycles. The number of aromatic nitrogens is 2. The van der Waals surface area contributed by atoms with Crippen LogP contribution < -0.4 is 11.2 Å². The molecule has 6 nitrogen and oxygen atoms in total. The Bertz CT molecular complexity index is 1030. The molecule has 0 bridgehead atoms. The van der Waals surface area contributed by atoms with E-state index in [1.165, 1.54) is 6.07 Å². The third-order valence-electron chi connectivity index (χ3n) is 4.70. The van der Waals surface area contributed by atoms with E-state index >= 15 is 0 Å². The zero-order chi connectivity index (χ0) is 19.6. The van der Waals surface area contributed by atoms with Crippen LogP contribution in [0.15, 0.2) is 33.9 Å². The van der Waals surface area contributed by atoms with Crippen LogP contribution in [-0.4, -0.2) is 33.9 Å². The molecule has 1 aliphatic heterocycles. The number of H-pyrrole nitrogens is 2. The van der Waals surface area contributed by atoms with Crippen LogP contribution >= 0.6 is 11.6 Å². The maximum atomic E-state index is 14.1. The Labute approximate surface area is 159 Å². The molecule has 0 unspecified atom stereocenters. The van der Waals surface area contributed by atoms with Crippen molar-refractivity contribution in [1.82, 2.24) is 14.9 Å². The van der Waals surface area contributed by atoms with E-state index in [9.17, 15) is 18.8 Å². The van der Waals surface area contributed by atoms with Crippen LogP contribution in [0.25, 0.3) is 5.57 Å². The number of amides is 1. The molecule has 0 aliphatic carbocycles. The highest BCUT2D eigenvalue weighted by atomic mass is 35.5. The number of aryl methyl sites for hydroxylation is 1. The molecule has 27 heavy (non-hydrogen) atoms. The summed E-state index contributed by atoms with van der Waals surface area (Å²) in [5.74, 6) is -0.542. The fraction of sp³-hybridized carbons (Fsp3) is 0.316. The van der Waals surface area contributed by atoms with E-state index in [0.717, 1.165) is 5.57 Å². The minimum absolute atomic E-state index is 0.0772. The number of carbonyl (C=O) groups is 1. The molecule has 1 aliphatic rings. The second-order valence-electron chi connectivity index (χ2n) is 6.43. The fourth-order valence-corrected chi connectivity index (χ4v) is 3.38. The first-order valence-corrected chi connectivity index (χ1v) is 8.98.